The summed E-state index contributed by atoms with van der Waals surface area (Å²) < 4.78 is 4.84. The molecule has 0 aliphatic rings. The topological polar surface area (TPSA) is 26.3 Å². The Kier molecular flexibility index (Phi) is 7.43. The smallest absolute Gasteiger partial charge is 0.337 e. The van der Waals surface area contributed by atoms with Crippen molar-refractivity contribution >= 4 is 29.1 Å². The fraction of sp³-hybridized carbons (Fsp3) is 0.0741. The van der Waals surface area contributed by atoms with Crippen molar-refractivity contribution in [2.45, 2.75) is 0 Å². The molecule has 0 atom stereocenters. The van der Waals surface area contributed by atoms with Crippen molar-refractivity contribution in [2.24, 2.45) is 0 Å². The van der Waals surface area contributed by atoms with E-state index >= 15 is 0 Å². The summed E-state index contributed by atoms with van der Waals surface area (Å²) in [6.07, 6.45) is 0. The number of halogens is 1. The van der Waals surface area contributed by atoms with Crippen molar-refractivity contribution in [3.63, 3.8) is 0 Å². The fourth-order valence-electron chi connectivity index (χ4n) is 3.89. The van der Waals surface area contributed by atoms with Gasteiger partial charge in [-0.3, -0.25) is 0 Å². The summed E-state index contributed by atoms with van der Waals surface area (Å²) in [5, 5.41) is 4.01. The number of hydrogen-bond acceptors (Lipinski definition) is 2. The molecule has 0 radical (unpaired) electrons. The third-order valence-electron chi connectivity index (χ3n) is 5.55. The molecule has 0 heterocycles. The lowest BCUT2D eigenvalue weighted by atomic mass is 10.0. The standard InChI is InChI=1S/C27H24O2P.BrH/c1-29-27(28)22-19-17-21(18-20-22)25-15-9-10-16-26(25)30(2,23-11-5-3-6-12-23)24-13-7-4-8-14-24;/h3-20H,1-2H3;1H/q+1;/p-1. The number of rotatable bonds is 5. The van der Waals surface area contributed by atoms with Crippen molar-refractivity contribution < 1.29 is 26.5 Å². The molecule has 0 saturated carbocycles. The highest BCUT2D eigenvalue weighted by molar-refractivity contribution is 7.95. The van der Waals surface area contributed by atoms with Crippen LogP contribution in [0.3, 0.4) is 0 Å². The monoisotopic (exact) mass is 490 g/mol. The molecule has 0 spiro atoms. The lowest BCUT2D eigenvalue weighted by molar-refractivity contribution is -0.0000204. The first-order chi connectivity index (χ1) is 14.6. The third-order valence-corrected chi connectivity index (χ3v) is 9.56. The molecule has 0 aliphatic carbocycles. The average Bonchev–Trinajstić information content (AvgIpc) is 2.84. The highest BCUT2D eigenvalue weighted by Gasteiger charge is 2.41. The van der Waals surface area contributed by atoms with Gasteiger partial charge in [-0.1, -0.05) is 66.7 Å². The summed E-state index contributed by atoms with van der Waals surface area (Å²) in [7, 11) is -0.454. The molecule has 0 N–H and O–H groups in total. The van der Waals surface area contributed by atoms with Crippen LogP contribution in [0.5, 0.6) is 0 Å². The van der Waals surface area contributed by atoms with Gasteiger partial charge in [-0.25, -0.2) is 4.79 Å². The SMILES string of the molecule is COC(=O)c1ccc(-c2ccccc2[P+](C)(c2ccccc2)c2ccccc2)cc1.[Br-]. The van der Waals surface area contributed by atoms with E-state index in [9.17, 15) is 4.79 Å². The van der Waals surface area contributed by atoms with Crippen LogP contribution >= 0.6 is 7.26 Å². The summed E-state index contributed by atoms with van der Waals surface area (Å²) >= 11 is 0. The molecule has 0 bridgehead atoms. The van der Waals surface area contributed by atoms with Gasteiger partial charge in [0, 0.05) is 5.56 Å². The molecule has 0 aliphatic heterocycles. The van der Waals surface area contributed by atoms with Gasteiger partial charge in [0.1, 0.15) is 23.2 Å². The first kappa shape index (κ1) is 22.9. The van der Waals surface area contributed by atoms with Gasteiger partial charge in [0.15, 0.2) is 0 Å². The second kappa shape index (κ2) is 10.0. The van der Waals surface area contributed by atoms with E-state index < -0.39 is 7.26 Å². The predicted octanol–water partition coefficient (Wildman–Crippen LogP) is 2.07. The Hall–Kier alpha value is -2.74. The second-order valence-electron chi connectivity index (χ2n) is 7.26. The molecule has 31 heavy (non-hydrogen) atoms. The van der Waals surface area contributed by atoms with Gasteiger partial charge < -0.3 is 21.7 Å². The molecule has 4 aromatic carbocycles. The predicted molar refractivity (Wildman–Crippen MR) is 128 cm³/mol. The van der Waals surface area contributed by atoms with Crippen LogP contribution in [0.2, 0.25) is 0 Å². The molecule has 156 valence electrons. The van der Waals surface area contributed by atoms with E-state index in [1.54, 1.807) is 0 Å². The van der Waals surface area contributed by atoms with Crippen molar-refractivity contribution in [3.8, 4) is 11.1 Å². The molecule has 0 aromatic heterocycles. The number of methoxy groups -OCH3 is 1. The Morgan fingerprint density at radius 3 is 1.68 bits per heavy atom. The molecule has 0 fully saturated rings. The lowest BCUT2D eigenvalue weighted by Crippen LogP contribution is -3.00. The lowest BCUT2D eigenvalue weighted by Gasteiger charge is -2.25. The van der Waals surface area contributed by atoms with Gasteiger partial charge in [-0.2, -0.15) is 0 Å². The van der Waals surface area contributed by atoms with Gasteiger partial charge in [0.25, 0.3) is 0 Å². The van der Waals surface area contributed by atoms with Gasteiger partial charge in [0.05, 0.1) is 19.3 Å². The fourth-order valence-corrected chi connectivity index (χ4v) is 7.35. The maximum atomic E-state index is 11.8. The second-order valence-corrected chi connectivity index (χ2v) is 10.8. The number of carbonyl (C=O) groups excluding carboxylic acids is 1. The molecular weight excluding hydrogens is 467 g/mol. The number of hydrogen-bond donors (Lipinski definition) is 0. The molecule has 2 nitrogen and oxygen atoms in total. The van der Waals surface area contributed by atoms with Gasteiger partial charge in [-0.15, -0.1) is 0 Å². The number of esters is 1. The van der Waals surface area contributed by atoms with E-state index in [1.807, 2.05) is 24.3 Å². The zero-order chi connectivity index (χ0) is 21.0. The highest BCUT2D eigenvalue weighted by atomic mass is 79.9. The maximum absolute atomic E-state index is 11.8. The van der Waals surface area contributed by atoms with Crippen LogP contribution in [-0.2, 0) is 4.74 Å². The van der Waals surface area contributed by atoms with E-state index in [-0.39, 0.29) is 23.0 Å². The van der Waals surface area contributed by atoms with Gasteiger partial charge >= 0.3 is 5.97 Å². The first-order valence-corrected chi connectivity index (χ1v) is 12.1. The molecular formula is C27H24BrO2P. The molecule has 4 heteroatoms. The van der Waals surface area contributed by atoms with E-state index in [4.69, 9.17) is 4.74 Å². The van der Waals surface area contributed by atoms with Crippen LogP contribution in [-0.4, -0.2) is 19.7 Å². The zero-order valence-electron chi connectivity index (χ0n) is 17.5. The summed E-state index contributed by atoms with van der Waals surface area (Å²) in [5.74, 6) is -0.319. The number of carbonyl (C=O) groups is 1. The number of benzene rings is 4. The van der Waals surface area contributed by atoms with E-state index in [1.165, 1.54) is 28.6 Å². The zero-order valence-corrected chi connectivity index (χ0v) is 20.0. The van der Waals surface area contributed by atoms with E-state index in [0.717, 1.165) is 5.56 Å². The molecule has 4 rings (SSSR count). The third kappa shape index (κ3) is 4.49. The first-order valence-electron chi connectivity index (χ1n) is 9.90. The van der Waals surface area contributed by atoms with Crippen molar-refractivity contribution in [2.75, 3.05) is 13.8 Å². The number of ether oxygens (including phenoxy) is 1. The van der Waals surface area contributed by atoms with Crippen LogP contribution < -0.4 is 32.9 Å². The van der Waals surface area contributed by atoms with E-state index in [2.05, 4.69) is 91.6 Å². The maximum Gasteiger partial charge on any atom is 0.337 e. The summed E-state index contributed by atoms with van der Waals surface area (Å²) in [4.78, 5) is 11.8. The average molecular weight is 491 g/mol. The van der Waals surface area contributed by atoms with Crippen LogP contribution in [0.15, 0.2) is 109 Å². The van der Waals surface area contributed by atoms with Gasteiger partial charge in [-0.05, 0) is 48.0 Å². The Labute approximate surface area is 195 Å². The van der Waals surface area contributed by atoms with Crippen LogP contribution in [0, 0.1) is 0 Å². The minimum Gasteiger partial charge on any atom is -1.00 e. The van der Waals surface area contributed by atoms with Gasteiger partial charge in [0.2, 0.25) is 0 Å². The molecule has 0 saturated heterocycles. The highest BCUT2D eigenvalue weighted by Crippen LogP contribution is 2.53. The quantitative estimate of drug-likeness (QED) is 0.316. The molecule has 0 amide bonds. The van der Waals surface area contributed by atoms with E-state index in [0.29, 0.717) is 5.56 Å². The van der Waals surface area contributed by atoms with Crippen LogP contribution in [0.1, 0.15) is 10.4 Å². The minimum absolute atomic E-state index is 0. The Morgan fingerprint density at radius 2 is 1.16 bits per heavy atom. The van der Waals surface area contributed by atoms with Crippen molar-refractivity contribution in [3.05, 3.63) is 115 Å². The van der Waals surface area contributed by atoms with Crippen LogP contribution in [0.25, 0.3) is 11.1 Å². The normalized spacial score (nSPS) is 10.8. The summed E-state index contributed by atoms with van der Waals surface area (Å²) in [6, 6.07) is 37.8. The van der Waals surface area contributed by atoms with Crippen molar-refractivity contribution in [1.82, 2.24) is 0 Å². The molecule has 0 unspecified atom stereocenters. The summed E-state index contributed by atoms with van der Waals surface area (Å²) in [6.45, 7) is 2.39. The largest absolute Gasteiger partial charge is 1.00 e. The Balaban J connectivity index is 0.00000272. The Bertz CT molecular complexity index is 1100. The summed E-state index contributed by atoms with van der Waals surface area (Å²) in [5.41, 5.74) is 2.84. The van der Waals surface area contributed by atoms with Crippen molar-refractivity contribution in [1.29, 1.82) is 0 Å². The minimum atomic E-state index is -1.86. The molecule has 4 aromatic rings. The van der Waals surface area contributed by atoms with Crippen LogP contribution in [0.4, 0.5) is 0 Å². The Morgan fingerprint density at radius 1 is 0.677 bits per heavy atom.